The molecule has 1 saturated heterocycles. The Morgan fingerprint density at radius 3 is 2.50 bits per heavy atom. The molecule has 0 saturated carbocycles. The second kappa shape index (κ2) is 6.60. The number of aliphatic carboxylic acids is 1. The Labute approximate surface area is 129 Å². The zero-order valence-electron chi connectivity index (χ0n) is 12.5. The molecule has 6 nitrogen and oxygen atoms in total. The van der Waals surface area contributed by atoms with Crippen LogP contribution in [0.25, 0.3) is 11.0 Å². The molecule has 0 amide bonds. The summed E-state index contributed by atoms with van der Waals surface area (Å²) < 4.78 is 0. The number of nitrogens with one attached hydrogen (secondary N) is 1. The van der Waals surface area contributed by atoms with Crippen LogP contribution in [0.4, 0.5) is 11.6 Å². The second-order valence-corrected chi connectivity index (χ2v) is 5.50. The monoisotopic (exact) mass is 300 g/mol. The maximum atomic E-state index is 10.7. The molecule has 1 aliphatic heterocycles. The summed E-state index contributed by atoms with van der Waals surface area (Å²) in [5.74, 6) is 0.700. The van der Waals surface area contributed by atoms with E-state index in [0.29, 0.717) is 12.4 Å². The first-order valence-electron chi connectivity index (χ1n) is 7.71. The van der Waals surface area contributed by atoms with Crippen molar-refractivity contribution in [3.63, 3.8) is 0 Å². The van der Waals surface area contributed by atoms with Gasteiger partial charge in [-0.25, -0.2) is 9.97 Å². The summed E-state index contributed by atoms with van der Waals surface area (Å²) in [6, 6.07) is 7.76. The Kier molecular flexibility index (Phi) is 4.37. The summed E-state index contributed by atoms with van der Waals surface area (Å²) in [5, 5.41) is 11.9. The molecule has 1 fully saturated rings. The van der Waals surface area contributed by atoms with Gasteiger partial charge in [-0.3, -0.25) is 4.79 Å². The van der Waals surface area contributed by atoms with Gasteiger partial charge in [0.2, 0.25) is 0 Å². The van der Waals surface area contributed by atoms with Crippen molar-refractivity contribution in [3.8, 4) is 0 Å². The number of rotatable bonds is 5. The van der Waals surface area contributed by atoms with Gasteiger partial charge in [-0.2, -0.15) is 0 Å². The number of carboxylic acid groups (broad SMARTS) is 1. The smallest absolute Gasteiger partial charge is 0.305 e. The third-order valence-corrected chi connectivity index (χ3v) is 3.84. The molecule has 1 aromatic carbocycles. The normalized spacial score (nSPS) is 15.0. The zero-order valence-corrected chi connectivity index (χ0v) is 12.5. The minimum atomic E-state index is -0.819. The highest BCUT2D eigenvalue weighted by molar-refractivity contribution is 5.80. The van der Waals surface area contributed by atoms with Gasteiger partial charge in [0.05, 0.1) is 17.5 Å². The standard InChI is InChI=1S/C16H20N4O2/c21-14(22)8-9-17-15-16(20-10-4-1-5-11-20)19-13-7-3-2-6-12(13)18-15/h2-3,6-7H,1,4-5,8-11H2,(H,17,18)(H,21,22). The van der Waals surface area contributed by atoms with Crippen molar-refractivity contribution in [2.75, 3.05) is 29.9 Å². The third-order valence-electron chi connectivity index (χ3n) is 3.84. The number of fused-ring (bicyclic) bond motifs is 1. The number of carboxylic acids is 1. The van der Waals surface area contributed by atoms with Crippen molar-refractivity contribution in [1.29, 1.82) is 0 Å². The molecule has 2 heterocycles. The molecule has 6 heteroatoms. The van der Waals surface area contributed by atoms with Crippen molar-refractivity contribution in [3.05, 3.63) is 24.3 Å². The van der Waals surface area contributed by atoms with Crippen LogP contribution in [0.2, 0.25) is 0 Å². The number of benzene rings is 1. The van der Waals surface area contributed by atoms with Crippen molar-refractivity contribution in [1.82, 2.24) is 9.97 Å². The van der Waals surface area contributed by atoms with E-state index in [4.69, 9.17) is 10.1 Å². The maximum Gasteiger partial charge on any atom is 0.305 e. The SMILES string of the molecule is O=C(O)CCNc1nc2ccccc2nc1N1CCCCC1. The fourth-order valence-corrected chi connectivity index (χ4v) is 2.72. The number of hydrogen-bond donors (Lipinski definition) is 2. The highest BCUT2D eigenvalue weighted by atomic mass is 16.4. The maximum absolute atomic E-state index is 10.7. The van der Waals surface area contributed by atoms with E-state index in [1.165, 1.54) is 6.42 Å². The number of aromatic nitrogens is 2. The van der Waals surface area contributed by atoms with Gasteiger partial charge in [-0.1, -0.05) is 12.1 Å². The molecule has 1 aliphatic rings. The van der Waals surface area contributed by atoms with E-state index in [1.807, 2.05) is 24.3 Å². The Hall–Kier alpha value is -2.37. The van der Waals surface area contributed by atoms with Gasteiger partial charge in [-0.15, -0.1) is 0 Å². The Balaban J connectivity index is 1.92. The molecule has 116 valence electrons. The minimum absolute atomic E-state index is 0.0634. The van der Waals surface area contributed by atoms with Gasteiger partial charge in [0, 0.05) is 19.6 Å². The molecule has 0 radical (unpaired) electrons. The molecule has 2 N–H and O–H groups in total. The first-order valence-corrected chi connectivity index (χ1v) is 7.71. The van der Waals surface area contributed by atoms with Crippen LogP contribution in [-0.2, 0) is 4.79 Å². The topological polar surface area (TPSA) is 78.3 Å². The van der Waals surface area contributed by atoms with E-state index in [0.717, 1.165) is 42.8 Å². The molecule has 0 spiro atoms. The summed E-state index contributed by atoms with van der Waals surface area (Å²) in [6.07, 6.45) is 3.62. The van der Waals surface area contributed by atoms with Crippen molar-refractivity contribution < 1.29 is 9.90 Å². The van der Waals surface area contributed by atoms with Crippen LogP contribution in [0.5, 0.6) is 0 Å². The van der Waals surface area contributed by atoms with Gasteiger partial charge < -0.3 is 15.3 Å². The molecular formula is C16H20N4O2. The number of para-hydroxylation sites is 2. The average Bonchev–Trinajstić information content (AvgIpc) is 2.54. The van der Waals surface area contributed by atoms with Crippen molar-refractivity contribution in [2.45, 2.75) is 25.7 Å². The predicted molar refractivity (Wildman–Crippen MR) is 86.3 cm³/mol. The van der Waals surface area contributed by atoms with E-state index in [-0.39, 0.29) is 6.42 Å². The van der Waals surface area contributed by atoms with Gasteiger partial charge in [0.1, 0.15) is 0 Å². The largest absolute Gasteiger partial charge is 0.481 e. The summed E-state index contributed by atoms with van der Waals surface area (Å²) in [6.45, 7) is 2.30. The second-order valence-electron chi connectivity index (χ2n) is 5.50. The lowest BCUT2D eigenvalue weighted by Gasteiger charge is -2.29. The molecule has 3 rings (SSSR count). The summed E-state index contributed by atoms with van der Waals surface area (Å²) >= 11 is 0. The van der Waals surface area contributed by atoms with Gasteiger partial charge in [0.25, 0.3) is 0 Å². The molecule has 22 heavy (non-hydrogen) atoms. The molecule has 0 atom stereocenters. The van der Waals surface area contributed by atoms with Gasteiger partial charge in [-0.05, 0) is 31.4 Å². The Morgan fingerprint density at radius 1 is 1.14 bits per heavy atom. The lowest BCUT2D eigenvalue weighted by atomic mass is 10.1. The lowest BCUT2D eigenvalue weighted by molar-refractivity contribution is -0.136. The zero-order chi connectivity index (χ0) is 15.4. The third kappa shape index (κ3) is 3.27. The van der Waals surface area contributed by atoms with E-state index in [9.17, 15) is 4.79 Å². The van der Waals surface area contributed by atoms with E-state index < -0.39 is 5.97 Å². The van der Waals surface area contributed by atoms with Gasteiger partial charge in [0.15, 0.2) is 11.6 Å². The highest BCUT2D eigenvalue weighted by Gasteiger charge is 2.18. The molecule has 1 aromatic heterocycles. The fourth-order valence-electron chi connectivity index (χ4n) is 2.72. The molecular weight excluding hydrogens is 280 g/mol. The Morgan fingerprint density at radius 2 is 1.82 bits per heavy atom. The summed E-state index contributed by atoms with van der Waals surface area (Å²) in [5.41, 5.74) is 1.69. The van der Waals surface area contributed by atoms with Crippen LogP contribution in [0.15, 0.2) is 24.3 Å². The van der Waals surface area contributed by atoms with Crippen LogP contribution < -0.4 is 10.2 Å². The molecule has 2 aromatic rings. The number of anilines is 2. The quantitative estimate of drug-likeness (QED) is 0.883. The average molecular weight is 300 g/mol. The Bertz CT molecular complexity index is 668. The molecule has 0 bridgehead atoms. The lowest BCUT2D eigenvalue weighted by Crippen LogP contribution is -2.31. The number of nitrogens with zero attached hydrogens (tertiary/aromatic N) is 3. The van der Waals surface area contributed by atoms with E-state index >= 15 is 0 Å². The first-order chi connectivity index (χ1) is 10.7. The van der Waals surface area contributed by atoms with Crippen molar-refractivity contribution in [2.24, 2.45) is 0 Å². The van der Waals surface area contributed by atoms with Crippen LogP contribution in [0.1, 0.15) is 25.7 Å². The van der Waals surface area contributed by atoms with Crippen LogP contribution in [-0.4, -0.2) is 40.7 Å². The number of hydrogen-bond acceptors (Lipinski definition) is 5. The summed E-state index contributed by atoms with van der Waals surface area (Å²) in [7, 11) is 0. The number of piperidine rings is 1. The molecule has 0 aliphatic carbocycles. The molecule has 0 unspecified atom stereocenters. The van der Waals surface area contributed by atoms with Crippen LogP contribution >= 0.6 is 0 Å². The first kappa shape index (κ1) is 14.6. The predicted octanol–water partition coefficient (Wildman–Crippen LogP) is 2.51. The van der Waals surface area contributed by atoms with Crippen molar-refractivity contribution >= 4 is 28.6 Å². The van der Waals surface area contributed by atoms with E-state index in [1.54, 1.807) is 0 Å². The fraction of sp³-hybridized carbons (Fsp3) is 0.438. The van der Waals surface area contributed by atoms with Gasteiger partial charge >= 0.3 is 5.97 Å². The highest BCUT2D eigenvalue weighted by Crippen LogP contribution is 2.27. The number of carbonyl (C=O) groups is 1. The summed E-state index contributed by atoms with van der Waals surface area (Å²) in [4.78, 5) is 22.3. The van der Waals surface area contributed by atoms with Crippen LogP contribution in [0.3, 0.4) is 0 Å². The van der Waals surface area contributed by atoms with E-state index in [2.05, 4.69) is 15.2 Å². The minimum Gasteiger partial charge on any atom is -0.481 e. The van der Waals surface area contributed by atoms with Crippen LogP contribution in [0, 0.1) is 0 Å².